The van der Waals surface area contributed by atoms with Crippen LogP contribution in [0.2, 0.25) is 0 Å². The van der Waals surface area contributed by atoms with Gasteiger partial charge in [-0.25, -0.2) is 0 Å². The smallest absolute Gasteiger partial charge is 0.342 e. The average Bonchev–Trinajstić information content (AvgIpc) is 3.42. The molecule has 0 fully saturated rings. The number of nitrogens with zero attached hydrogens (tertiary/aromatic N) is 4. The number of hydrogen-bond acceptors (Lipinski definition) is 24. The largest absolute Gasteiger partial charge is 1.00 e. The zero-order valence-electron chi connectivity index (χ0n) is 51.8. The third-order valence-electron chi connectivity index (χ3n) is 11.5. The van der Waals surface area contributed by atoms with E-state index in [9.17, 15) is 80.2 Å². The van der Waals surface area contributed by atoms with E-state index in [2.05, 4.69) is 22.9 Å². The van der Waals surface area contributed by atoms with Gasteiger partial charge in [-0.3, -0.25) is 46.0 Å². The van der Waals surface area contributed by atoms with Gasteiger partial charge in [0.15, 0.2) is 10.8 Å². The van der Waals surface area contributed by atoms with Gasteiger partial charge in [-0.15, -0.1) is 0 Å². The lowest BCUT2D eigenvalue weighted by Gasteiger charge is -2.32. The molecular formula is C41H107BrN5O29P9. The molecule has 34 nitrogen and oxygen atoms in total. The van der Waals surface area contributed by atoms with Crippen molar-refractivity contribution in [2.24, 2.45) is 5.73 Å². The van der Waals surface area contributed by atoms with Crippen molar-refractivity contribution in [3.8, 4) is 0 Å². The van der Waals surface area contributed by atoms with Gasteiger partial charge in [0, 0.05) is 142 Å². The molecule has 1 atom stereocenters. The topological polar surface area (TPSA) is 506 Å². The molecule has 0 aromatic heterocycles. The van der Waals surface area contributed by atoms with Crippen molar-refractivity contribution in [1.29, 1.82) is 0 Å². The van der Waals surface area contributed by atoms with Gasteiger partial charge >= 0.3 is 60.8 Å². The maximum atomic E-state index is 12.1. The molecule has 0 aromatic rings. The highest BCUT2D eigenvalue weighted by molar-refractivity contribution is 7.71. The average molecular weight is 1490 g/mol. The second-order valence-corrected chi connectivity index (χ2v) is 39.1. The highest BCUT2D eigenvalue weighted by Crippen LogP contribution is 2.62. The number of rotatable bonds is 43. The SMILES string of the molecule is C=CP(=O)(CC)OC.CCCCN(CCP(=O)(OC)OC)CCP(=O)(OC)OC.COP(=O)(CCN(CCCO)CCP(=O)(OC)OC)OC.C[N+](C)(C)CCCN(CC(P(=O)(O)O)P(=O)(O)O)CC(P(=O)(O)O)P(=O)(O)O.NCCCO.O.[Br-]. The lowest BCUT2D eigenvalue weighted by Crippen LogP contribution is -3.00. The monoisotopic (exact) mass is 1490 g/mol. The molecule has 0 bridgehead atoms. The van der Waals surface area contributed by atoms with Gasteiger partial charge in [-0.05, 0) is 38.2 Å². The van der Waals surface area contributed by atoms with E-state index in [0.29, 0.717) is 75.2 Å². The standard InChI is InChI=1S/C12H29NO6P2.C11H27NO7P2.C10H28N2O12P4.C5H11O2P.C3H9NO.BrH.H2O/c1-6-7-8-13(9-11-20(14,16-2)17-3)10-12-21(15,18-4)19-5;1-16-20(14,17-2)10-7-12(6-5-9-13)8-11-21(15,18-3)19-4;1-12(2,3)6-4-5-11(7-9(25(13,14)15)26(16,17)18)8-10(27(19,20)21)28(22,23)24;1-4-8(6,5-2)7-3;4-2-1-3-5;;/h6-12H2,1-5H3;13H,5-11H2,1-4H3;9-10H,4-8H2,1-3H3,(H7-,13,14,15,16,17,18,19,20,21,22,23,24);4H,1,5H2,2-3H3;5H,1-4H2;1H;1H2. The summed E-state index contributed by atoms with van der Waals surface area (Å²) < 4.78 is 149. The summed E-state index contributed by atoms with van der Waals surface area (Å²) in [5.74, 6) is 1.38. The molecule has 1 unspecified atom stereocenters. The van der Waals surface area contributed by atoms with Crippen LogP contribution in [0.4, 0.5) is 0 Å². The van der Waals surface area contributed by atoms with Gasteiger partial charge in [-0.2, -0.15) is 0 Å². The number of hydrogen-bond donors (Lipinski definition) is 11. The Morgan fingerprint density at radius 3 is 0.894 bits per heavy atom. The summed E-state index contributed by atoms with van der Waals surface area (Å²) in [4.78, 5) is 78.9. The van der Waals surface area contributed by atoms with Crippen LogP contribution < -0.4 is 22.7 Å². The summed E-state index contributed by atoms with van der Waals surface area (Å²) in [6, 6.07) is 0. The molecule has 44 heteroatoms. The normalized spacial score (nSPS) is 13.5. The second-order valence-electron chi connectivity index (χ2n) is 18.6. The summed E-state index contributed by atoms with van der Waals surface area (Å²) in [5, 5.41) is 11.9. The number of unbranched alkanes of at least 4 members (excludes halogenated alkanes) is 1. The van der Waals surface area contributed by atoms with Crippen LogP contribution in [0.1, 0.15) is 46.0 Å². The molecule has 0 saturated heterocycles. The van der Waals surface area contributed by atoms with Crippen LogP contribution in [0.15, 0.2) is 12.4 Å². The minimum absolute atomic E-state index is 0. The molecule has 0 rings (SSSR count). The molecule has 14 N–H and O–H groups in total. The molecule has 0 radical (unpaired) electrons. The molecule has 0 heterocycles. The fourth-order valence-corrected chi connectivity index (χ4v) is 15.9. The number of quaternary nitrogens is 1. The molecule has 85 heavy (non-hydrogen) atoms. The molecular weight excluding hydrogens is 1390 g/mol. The summed E-state index contributed by atoms with van der Waals surface area (Å²) in [6.45, 7) is 9.82. The first-order valence-corrected chi connectivity index (χ1v) is 41.1. The molecule has 522 valence electrons. The van der Waals surface area contributed by atoms with Gasteiger partial charge in [0.2, 0.25) is 7.37 Å². The number of halogens is 1. The molecule has 0 aliphatic rings. The van der Waals surface area contributed by atoms with Crippen molar-refractivity contribution < 1.29 is 158 Å². The van der Waals surface area contributed by atoms with Crippen LogP contribution >= 0.6 is 68.1 Å². The lowest BCUT2D eigenvalue weighted by molar-refractivity contribution is -0.870. The quantitative estimate of drug-likeness (QED) is 0.0300. The highest BCUT2D eigenvalue weighted by Gasteiger charge is 2.48. The predicted octanol–water partition coefficient (Wildman–Crippen LogP) is 1.03. The van der Waals surface area contributed by atoms with E-state index in [-0.39, 0.29) is 61.0 Å². The Hall–Kier alpha value is 1.29. The first kappa shape index (κ1) is 99.8. The third kappa shape index (κ3) is 51.4. The van der Waals surface area contributed by atoms with Crippen molar-refractivity contribution in [1.82, 2.24) is 14.7 Å². The minimum atomic E-state index is -5.34. The summed E-state index contributed by atoms with van der Waals surface area (Å²) in [5.41, 5.74) is 4.98. The lowest BCUT2D eigenvalue weighted by atomic mass is 10.3. The third-order valence-corrected chi connectivity index (χ3v) is 28.4. The maximum Gasteiger partial charge on any atom is 0.342 e. The minimum Gasteiger partial charge on any atom is -1.00 e. The molecule has 0 spiro atoms. The predicted molar refractivity (Wildman–Crippen MR) is 325 cm³/mol. The number of aliphatic hydroxyl groups excluding tert-OH is 2. The van der Waals surface area contributed by atoms with Crippen molar-refractivity contribution in [3.63, 3.8) is 0 Å². The van der Waals surface area contributed by atoms with E-state index >= 15 is 0 Å². The highest BCUT2D eigenvalue weighted by atomic mass is 79.9. The first-order valence-electron chi connectivity index (χ1n) is 25.6. The van der Waals surface area contributed by atoms with Crippen LogP contribution in [0, 0.1) is 0 Å². The fourth-order valence-electron chi connectivity index (χ4n) is 6.16. The number of nitrogens with two attached hydrogens (primary N) is 1. The van der Waals surface area contributed by atoms with Gasteiger partial charge in [-0.1, -0.05) is 26.8 Å². The molecule has 0 aromatic carbocycles. The zero-order valence-corrected chi connectivity index (χ0v) is 61.4. The molecule has 0 aliphatic carbocycles. The van der Waals surface area contributed by atoms with Crippen LogP contribution in [-0.4, -0.2) is 286 Å². The van der Waals surface area contributed by atoms with Gasteiger partial charge in [0.1, 0.15) is 0 Å². The van der Waals surface area contributed by atoms with E-state index in [0.717, 1.165) is 30.7 Å². The van der Waals surface area contributed by atoms with Crippen molar-refractivity contribution >= 4 is 68.1 Å². The van der Waals surface area contributed by atoms with E-state index in [1.807, 2.05) is 33.0 Å². The van der Waals surface area contributed by atoms with E-state index < -0.39 is 92.0 Å². The molecule has 0 aliphatic heterocycles. The van der Waals surface area contributed by atoms with Gasteiger partial charge < -0.3 is 133 Å². The summed E-state index contributed by atoms with van der Waals surface area (Å²) in [6.07, 6.45) is 5.17. The Morgan fingerprint density at radius 2 is 0.729 bits per heavy atom. The molecule has 0 amide bonds. The molecule has 0 saturated carbocycles. The van der Waals surface area contributed by atoms with E-state index in [1.165, 1.54) is 69.8 Å². The van der Waals surface area contributed by atoms with Crippen LogP contribution in [-0.2, 0) is 81.8 Å². The van der Waals surface area contributed by atoms with Crippen LogP contribution in [0.25, 0.3) is 0 Å². The van der Waals surface area contributed by atoms with Crippen molar-refractivity contribution in [2.75, 3.05) is 201 Å². The maximum absolute atomic E-state index is 12.1. The zero-order chi connectivity index (χ0) is 66.2. The van der Waals surface area contributed by atoms with Gasteiger partial charge in [0.25, 0.3) is 0 Å². The fraction of sp³-hybridized carbons (Fsp3) is 0.951. The Kier molecular flexibility index (Phi) is 59.6. The Bertz CT molecular complexity index is 1890. The van der Waals surface area contributed by atoms with E-state index in [1.54, 1.807) is 0 Å². The van der Waals surface area contributed by atoms with Crippen molar-refractivity contribution in [2.45, 2.75) is 56.8 Å². The number of aliphatic hydroxyl groups is 2. The Balaban J connectivity index is -0.000000193. The first-order chi connectivity index (χ1) is 37.9. The summed E-state index contributed by atoms with van der Waals surface area (Å²) >= 11 is 0. The second kappa shape index (κ2) is 50.7. The van der Waals surface area contributed by atoms with E-state index in [4.69, 9.17) is 52.1 Å². The Morgan fingerprint density at radius 1 is 0.459 bits per heavy atom. The summed E-state index contributed by atoms with van der Waals surface area (Å²) in [7, 11) is -18.2. The Labute approximate surface area is 514 Å². The van der Waals surface area contributed by atoms with Crippen LogP contribution in [0.5, 0.6) is 0 Å². The van der Waals surface area contributed by atoms with Crippen molar-refractivity contribution in [3.05, 3.63) is 12.4 Å². The van der Waals surface area contributed by atoms with Gasteiger partial charge in [0.05, 0.1) is 52.3 Å². The van der Waals surface area contributed by atoms with Crippen LogP contribution in [0.3, 0.4) is 0 Å².